The van der Waals surface area contributed by atoms with Gasteiger partial charge < -0.3 is 10.2 Å². The van der Waals surface area contributed by atoms with Gasteiger partial charge in [-0.1, -0.05) is 13.8 Å². The van der Waals surface area contributed by atoms with Crippen molar-refractivity contribution in [1.82, 2.24) is 10.3 Å². The molecule has 1 aliphatic rings. The van der Waals surface area contributed by atoms with Gasteiger partial charge in [-0.2, -0.15) is 0 Å². The van der Waals surface area contributed by atoms with E-state index in [-0.39, 0.29) is 5.91 Å². The summed E-state index contributed by atoms with van der Waals surface area (Å²) >= 11 is 1.62. The molecule has 0 aliphatic carbocycles. The highest BCUT2D eigenvalue weighted by Gasteiger charge is 2.20. The van der Waals surface area contributed by atoms with Crippen molar-refractivity contribution < 1.29 is 4.79 Å². The van der Waals surface area contributed by atoms with Gasteiger partial charge in [0.05, 0.1) is 15.8 Å². The molecule has 1 saturated heterocycles. The van der Waals surface area contributed by atoms with Crippen molar-refractivity contribution in [1.29, 1.82) is 0 Å². The van der Waals surface area contributed by atoms with Crippen LogP contribution in [0.25, 0.3) is 10.2 Å². The minimum absolute atomic E-state index is 0.0578. The summed E-state index contributed by atoms with van der Waals surface area (Å²) in [6.07, 6.45) is 4.53. The summed E-state index contributed by atoms with van der Waals surface area (Å²) in [7, 11) is 1.67. The Morgan fingerprint density at radius 2 is 2.09 bits per heavy atom. The van der Waals surface area contributed by atoms with Crippen LogP contribution >= 0.6 is 11.3 Å². The first-order valence-electron chi connectivity index (χ1n) is 7.82. The third-order valence-electron chi connectivity index (χ3n) is 4.16. The number of aromatic nitrogens is 1. The van der Waals surface area contributed by atoms with Crippen LogP contribution in [0.4, 0.5) is 5.82 Å². The fourth-order valence-corrected chi connectivity index (χ4v) is 4.04. The molecule has 22 heavy (non-hydrogen) atoms. The molecule has 1 amide bonds. The first-order chi connectivity index (χ1) is 10.6. The van der Waals surface area contributed by atoms with Gasteiger partial charge in [-0.15, -0.1) is 11.3 Å². The van der Waals surface area contributed by atoms with E-state index in [1.807, 2.05) is 5.38 Å². The van der Waals surface area contributed by atoms with Crippen molar-refractivity contribution in [2.45, 2.75) is 32.6 Å². The highest BCUT2D eigenvalue weighted by atomic mass is 32.1. The Bertz CT molecular complexity index is 687. The van der Waals surface area contributed by atoms with Gasteiger partial charge in [0.1, 0.15) is 5.82 Å². The minimum Gasteiger partial charge on any atom is -0.357 e. The van der Waals surface area contributed by atoms with E-state index in [4.69, 9.17) is 4.98 Å². The number of rotatable bonds is 3. The van der Waals surface area contributed by atoms with Crippen LogP contribution in [-0.4, -0.2) is 31.0 Å². The van der Waals surface area contributed by atoms with Crippen molar-refractivity contribution in [2.24, 2.45) is 0 Å². The molecule has 0 atom stereocenters. The molecule has 0 bridgehead atoms. The van der Waals surface area contributed by atoms with Crippen LogP contribution in [0.15, 0.2) is 11.4 Å². The van der Waals surface area contributed by atoms with Crippen molar-refractivity contribution in [3.63, 3.8) is 0 Å². The van der Waals surface area contributed by atoms with Crippen LogP contribution in [0.3, 0.4) is 0 Å². The van der Waals surface area contributed by atoms with Crippen LogP contribution in [0.2, 0.25) is 0 Å². The predicted octanol–water partition coefficient (Wildman–Crippen LogP) is 3.58. The number of anilines is 1. The molecule has 0 aromatic carbocycles. The number of nitrogens with one attached hydrogen (secondary N) is 1. The summed E-state index contributed by atoms with van der Waals surface area (Å²) in [5.74, 6) is 1.36. The molecular weight excluding hydrogens is 294 g/mol. The van der Waals surface area contributed by atoms with Gasteiger partial charge >= 0.3 is 0 Å². The topological polar surface area (TPSA) is 45.2 Å². The Kier molecular flexibility index (Phi) is 4.34. The molecule has 1 aliphatic heterocycles. The normalized spacial score (nSPS) is 15.5. The second-order valence-corrected chi connectivity index (χ2v) is 6.86. The number of pyridine rings is 1. The molecule has 0 unspecified atom stereocenters. The average molecular weight is 316 g/mol. The van der Waals surface area contributed by atoms with Crippen LogP contribution in [0.5, 0.6) is 0 Å². The summed E-state index contributed by atoms with van der Waals surface area (Å²) in [6, 6.07) is 2.21. The van der Waals surface area contributed by atoms with E-state index in [0.717, 1.165) is 42.0 Å². The fourth-order valence-electron chi connectivity index (χ4n) is 2.89. The molecule has 3 rings (SSSR count). The highest BCUT2D eigenvalue weighted by molar-refractivity contribution is 7.17. The second-order valence-electron chi connectivity index (χ2n) is 5.98. The largest absolute Gasteiger partial charge is 0.357 e. The van der Waals surface area contributed by atoms with Crippen molar-refractivity contribution >= 4 is 33.3 Å². The lowest BCUT2D eigenvalue weighted by Crippen LogP contribution is -2.30. The molecule has 4 nitrogen and oxygen atoms in total. The van der Waals surface area contributed by atoms with E-state index in [9.17, 15) is 4.79 Å². The zero-order valence-corrected chi connectivity index (χ0v) is 14.2. The number of nitrogens with zero attached hydrogens (tertiary/aromatic N) is 2. The Labute approximate surface area is 135 Å². The maximum absolute atomic E-state index is 12.1. The SMILES string of the molecule is CNC(=O)c1csc2c(C(C)C)cc(N3CC[CH]CC3)nc12. The van der Waals surface area contributed by atoms with E-state index in [2.05, 4.69) is 36.6 Å². The monoisotopic (exact) mass is 316 g/mol. The first-order valence-corrected chi connectivity index (χ1v) is 8.70. The molecule has 117 valence electrons. The summed E-state index contributed by atoms with van der Waals surface area (Å²) in [5.41, 5.74) is 2.82. The van der Waals surface area contributed by atoms with Crippen molar-refractivity contribution in [3.05, 3.63) is 29.0 Å². The molecule has 1 N–H and O–H groups in total. The molecule has 2 aromatic rings. The number of piperidine rings is 1. The maximum Gasteiger partial charge on any atom is 0.254 e. The van der Waals surface area contributed by atoms with Crippen molar-refractivity contribution in [2.75, 3.05) is 25.0 Å². The molecule has 1 radical (unpaired) electrons. The average Bonchev–Trinajstić information content (AvgIpc) is 2.97. The van der Waals surface area contributed by atoms with Crippen LogP contribution < -0.4 is 10.2 Å². The maximum atomic E-state index is 12.1. The van der Waals surface area contributed by atoms with Crippen molar-refractivity contribution in [3.8, 4) is 0 Å². The van der Waals surface area contributed by atoms with E-state index >= 15 is 0 Å². The fraction of sp³-hybridized carbons (Fsp3) is 0.471. The number of thiophene rings is 1. The summed E-state index contributed by atoms with van der Waals surface area (Å²) in [6.45, 7) is 6.41. The standard InChI is InChI=1S/C17H22N3OS/c1-11(2)12-9-14(20-7-5-4-6-8-20)19-15-13(17(21)18-3)10-22-16(12)15/h4,9-11H,5-8H2,1-3H3,(H,18,21). The third-order valence-corrected chi connectivity index (χ3v) is 5.18. The lowest BCUT2D eigenvalue weighted by molar-refractivity contribution is 0.0965. The number of fused-ring (bicyclic) bond motifs is 1. The smallest absolute Gasteiger partial charge is 0.254 e. The molecule has 2 aromatic heterocycles. The Balaban J connectivity index is 2.14. The predicted molar refractivity (Wildman–Crippen MR) is 92.8 cm³/mol. The second kappa shape index (κ2) is 6.24. The number of hydrogen-bond donors (Lipinski definition) is 1. The number of amides is 1. The highest BCUT2D eigenvalue weighted by Crippen LogP contribution is 2.35. The van der Waals surface area contributed by atoms with E-state index in [1.165, 1.54) is 5.56 Å². The molecule has 1 fully saturated rings. The molecule has 0 spiro atoms. The van der Waals surface area contributed by atoms with Crippen LogP contribution in [-0.2, 0) is 0 Å². The van der Waals surface area contributed by atoms with E-state index < -0.39 is 0 Å². The van der Waals surface area contributed by atoms with E-state index in [1.54, 1.807) is 18.4 Å². The molecule has 0 saturated carbocycles. The van der Waals surface area contributed by atoms with Gasteiger partial charge in [0, 0.05) is 25.5 Å². The first kappa shape index (κ1) is 15.3. The number of carbonyl (C=O) groups excluding carboxylic acids is 1. The molecule has 3 heterocycles. The lowest BCUT2D eigenvalue weighted by Gasteiger charge is -2.28. The quantitative estimate of drug-likeness (QED) is 0.941. The number of carbonyl (C=O) groups is 1. The van der Waals surface area contributed by atoms with Gasteiger partial charge in [-0.3, -0.25) is 4.79 Å². The Hall–Kier alpha value is -1.62. The van der Waals surface area contributed by atoms with Gasteiger partial charge in [0.2, 0.25) is 0 Å². The number of hydrogen-bond acceptors (Lipinski definition) is 4. The van der Waals surface area contributed by atoms with Gasteiger partial charge in [0.25, 0.3) is 5.91 Å². The zero-order valence-electron chi connectivity index (χ0n) is 13.3. The lowest BCUT2D eigenvalue weighted by atomic mass is 10.0. The summed E-state index contributed by atoms with van der Waals surface area (Å²) in [4.78, 5) is 19.3. The summed E-state index contributed by atoms with van der Waals surface area (Å²) < 4.78 is 1.14. The van der Waals surface area contributed by atoms with Gasteiger partial charge in [-0.25, -0.2) is 4.98 Å². The zero-order chi connectivity index (χ0) is 15.7. The van der Waals surface area contributed by atoms with Gasteiger partial charge in [-0.05, 0) is 36.8 Å². The molecule has 5 heteroatoms. The van der Waals surface area contributed by atoms with E-state index in [0.29, 0.717) is 11.5 Å². The third kappa shape index (κ3) is 2.70. The summed E-state index contributed by atoms with van der Waals surface area (Å²) in [5, 5.41) is 4.64. The minimum atomic E-state index is -0.0578. The molecular formula is C17H22N3OS. The van der Waals surface area contributed by atoms with Crippen LogP contribution in [0.1, 0.15) is 48.5 Å². The van der Waals surface area contributed by atoms with Crippen LogP contribution in [0, 0.1) is 6.42 Å². The Morgan fingerprint density at radius 3 is 2.73 bits per heavy atom. The van der Waals surface area contributed by atoms with Gasteiger partial charge in [0.15, 0.2) is 0 Å². The Morgan fingerprint density at radius 1 is 1.36 bits per heavy atom.